The van der Waals surface area contributed by atoms with E-state index in [2.05, 4.69) is 49.1 Å². The van der Waals surface area contributed by atoms with Gasteiger partial charge in [0.1, 0.15) is 5.65 Å². The van der Waals surface area contributed by atoms with Crippen LogP contribution in [0, 0.1) is 0 Å². The Morgan fingerprint density at radius 2 is 2.25 bits per heavy atom. The van der Waals surface area contributed by atoms with E-state index in [1.807, 2.05) is 0 Å². The molecule has 0 radical (unpaired) electrons. The Morgan fingerprint density at radius 1 is 1.45 bits per heavy atom. The number of hydrogen-bond donors (Lipinski definition) is 1. The molecule has 1 aliphatic heterocycles. The number of fused-ring (bicyclic) bond motifs is 1. The fourth-order valence-corrected chi connectivity index (χ4v) is 2.62. The van der Waals surface area contributed by atoms with Gasteiger partial charge in [-0.3, -0.25) is 0 Å². The molecule has 20 heavy (non-hydrogen) atoms. The largest absolute Gasteiger partial charge is 0.377 e. The van der Waals surface area contributed by atoms with Crippen LogP contribution in [0.5, 0.6) is 0 Å². The van der Waals surface area contributed by atoms with E-state index >= 15 is 0 Å². The van der Waals surface area contributed by atoms with E-state index in [-0.39, 0.29) is 0 Å². The number of ether oxygens (including phenoxy) is 1. The Morgan fingerprint density at radius 3 is 2.90 bits per heavy atom. The summed E-state index contributed by atoms with van der Waals surface area (Å²) in [5.41, 5.74) is 3.54. The summed E-state index contributed by atoms with van der Waals surface area (Å²) in [5, 5.41) is 4.73. The Balaban J connectivity index is 1.77. The molecule has 0 aromatic carbocycles. The van der Waals surface area contributed by atoms with E-state index in [4.69, 9.17) is 9.72 Å². The second-order valence-corrected chi connectivity index (χ2v) is 5.94. The predicted molar refractivity (Wildman–Crippen MR) is 80.9 cm³/mol. The van der Waals surface area contributed by atoms with Crippen molar-refractivity contribution >= 4 is 11.0 Å². The standard InChI is InChI=1S/C16H23N3O/c1-11(2)15-5-4-14-12(10-19(3)16(14)18-15)8-17-9-13-6-7-20-13/h4-5,10-11,13,17H,6-9H2,1-3H3. The summed E-state index contributed by atoms with van der Waals surface area (Å²) in [6.07, 6.45) is 3.77. The zero-order valence-electron chi connectivity index (χ0n) is 12.5. The second-order valence-electron chi connectivity index (χ2n) is 5.94. The first-order chi connectivity index (χ1) is 9.65. The molecule has 3 heterocycles. The van der Waals surface area contributed by atoms with Gasteiger partial charge in [-0.1, -0.05) is 13.8 Å². The molecule has 0 bridgehead atoms. The lowest BCUT2D eigenvalue weighted by Crippen LogP contribution is -2.36. The van der Waals surface area contributed by atoms with Gasteiger partial charge in [0.05, 0.1) is 6.10 Å². The van der Waals surface area contributed by atoms with Crippen LogP contribution in [0.1, 0.15) is 37.4 Å². The molecule has 0 aliphatic carbocycles. The number of nitrogens with zero attached hydrogens (tertiary/aromatic N) is 2. The molecule has 0 spiro atoms. The molecule has 1 saturated heterocycles. The summed E-state index contributed by atoms with van der Waals surface area (Å²) < 4.78 is 7.55. The average Bonchev–Trinajstić information content (AvgIpc) is 2.69. The average molecular weight is 273 g/mol. The van der Waals surface area contributed by atoms with Crippen LogP contribution in [0.15, 0.2) is 18.3 Å². The molecule has 1 N–H and O–H groups in total. The fraction of sp³-hybridized carbons (Fsp3) is 0.562. The lowest BCUT2D eigenvalue weighted by molar-refractivity contribution is -0.0484. The lowest BCUT2D eigenvalue weighted by atomic mass is 10.1. The van der Waals surface area contributed by atoms with Gasteiger partial charge in [0.25, 0.3) is 0 Å². The van der Waals surface area contributed by atoms with Crippen molar-refractivity contribution in [3.63, 3.8) is 0 Å². The van der Waals surface area contributed by atoms with Crippen LogP contribution < -0.4 is 5.32 Å². The minimum absolute atomic E-state index is 0.413. The minimum atomic E-state index is 0.413. The monoisotopic (exact) mass is 273 g/mol. The van der Waals surface area contributed by atoms with Crippen LogP contribution in [-0.2, 0) is 18.3 Å². The van der Waals surface area contributed by atoms with Gasteiger partial charge in [0.2, 0.25) is 0 Å². The molecule has 108 valence electrons. The Hall–Kier alpha value is -1.39. The molecule has 1 aliphatic rings. The minimum Gasteiger partial charge on any atom is -0.377 e. The first-order valence-corrected chi connectivity index (χ1v) is 7.42. The summed E-state index contributed by atoms with van der Waals surface area (Å²) in [7, 11) is 2.07. The number of aromatic nitrogens is 2. The van der Waals surface area contributed by atoms with Gasteiger partial charge >= 0.3 is 0 Å². The van der Waals surface area contributed by atoms with Crippen molar-refractivity contribution in [3.8, 4) is 0 Å². The highest BCUT2D eigenvalue weighted by Gasteiger charge is 2.17. The van der Waals surface area contributed by atoms with E-state index in [9.17, 15) is 0 Å². The van der Waals surface area contributed by atoms with Gasteiger partial charge in [-0.15, -0.1) is 0 Å². The summed E-state index contributed by atoms with van der Waals surface area (Å²) >= 11 is 0. The van der Waals surface area contributed by atoms with Crippen molar-refractivity contribution < 1.29 is 4.74 Å². The number of rotatable bonds is 5. The van der Waals surface area contributed by atoms with Crippen LogP contribution in [-0.4, -0.2) is 28.8 Å². The van der Waals surface area contributed by atoms with E-state index in [0.29, 0.717) is 12.0 Å². The molecular weight excluding hydrogens is 250 g/mol. The van der Waals surface area contributed by atoms with Gasteiger partial charge in [-0.25, -0.2) is 4.98 Å². The lowest BCUT2D eigenvalue weighted by Gasteiger charge is -2.26. The van der Waals surface area contributed by atoms with Crippen molar-refractivity contribution in [3.05, 3.63) is 29.6 Å². The van der Waals surface area contributed by atoms with Crippen LogP contribution in [0.3, 0.4) is 0 Å². The van der Waals surface area contributed by atoms with E-state index in [0.717, 1.165) is 31.0 Å². The molecule has 2 aromatic heterocycles. The molecule has 3 rings (SSSR count). The van der Waals surface area contributed by atoms with Crippen molar-refractivity contribution in [1.82, 2.24) is 14.9 Å². The highest BCUT2D eigenvalue weighted by Crippen LogP contribution is 2.22. The molecule has 4 heteroatoms. The molecule has 1 atom stereocenters. The molecular formula is C16H23N3O. The highest BCUT2D eigenvalue weighted by molar-refractivity contribution is 5.80. The molecule has 1 fully saturated rings. The maximum atomic E-state index is 5.42. The van der Waals surface area contributed by atoms with E-state index in [1.54, 1.807) is 0 Å². The third kappa shape index (κ3) is 2.58. The topological polar surface area (TPSA) is 39.1 Å². The molecule has 4 nitrogen and oxygen atoms in total. The van der Waals surface area contributed by atoms with Crippen molar-refractivity contribution in [2.75, 3.05) is 13.2 Å². The predicted octanol–water partition coefficient (Wildman–Crippen LogP) is 2.58. The van der Waals surface area contributed by atoms with Crippen molar-refractivity contribution in [1.29, 1.82) is 0 Å². The highest BCUT2D eigenvalue weighted by atomic mass is 16.5. The van der Waals surface area contributed by atoms with Crippen molar-refractivity contribution in [2.24, 2.45) is 7.05 Å². The van der Waals surface area contributed by atoms with Crippen LogP contribution in [0.25, 0.3) is 11.0 Å². The Bertz CT molecular complexity index is 599. The van der Waals surface area contributed by atoms with Crippen LogP contribution >= 0.6 is 0 Å². The Kier molecular flexibility index (Phi) is 3.76. The summed E-state index contributed by atoms with van der Waals surface area (Å²) in [6, 6.07) is 4.35. The smallest absolute Gasteiger partial charge is 0.140 e. The quantitative estimate of drug-likeness (QED) is 0.910. The summed E-state index contributed by atoms with van der Waals surface area (Å²) in [4.78, 5) is 4.78. The first-order valence-electron chi connectivity index (χ1n) is 7.42. The maximum Gasteiger partial charge on any atom is 0.140 e. The van der Waals surface area contributed by atoms with Crippen LogP contribution in [0.2, 0.25) is 0 Å². The fourth-order valence-electron chi connectivity index (χ4n) is 2.62. The molecule has 2 aromatic rings. The summed E-state index contributed by atoms with van der Waals surface area (Å²) in [6.45, 7) is 7.09. The van der Waals surface area contributed by atoms with E-state index in [1.165, 1.54) is 17.4 Å². The SMILES string of the molecule is CC(C)c1ccc2c(CNCC3CCO3)cn(C)c2n1. The van der Waals surface area contributed by atoms with Gasteiger partial charge in [-0.2, -0.15) is 0 Å². The number of nitrogens with one attached hydrogen (secondary N) is 1. The van der Waals surface area contributed by atoms with Gasteiger partial charge in [0.15, 0.2) is 0 Å². The van der Waals surface area contributed by atoms with Gasteiger partial charge < -0.3 is 14.6 Å². The zero-order valence-corrected chi connectivity index (χ0v) is 12.5. The van der Waals surface area contributed by atoms with E-state index < -0.39 is 0 Å². The van der Waals surface area contributed by atoms with Gasteiger partial charge in [0, 0.05) is 44.0 Å². The van der Waals surface area contributed by atoms with Gasteiger partial charge in [-0.05, 0) is 30.0 Å². The first kappa shape index (κ1) is 13.6. The number of aryl methyl sites for hydroxylation is 1. The second kappa shape index (κ2) is 5.54. The normalized spacial score (nSPS) is 18.7. The summed E-state index contributed by atoms with van der Waals surface area (Å²) in [5.74, 6) is 0.464. The van der Waals surface area contributed by atoms with Crippen molar-refractivity contribution in [2.45, 2.75) is 38.8 Å². The molecule has 0 saturated carbocycles. The number of hydrogen-bond acceptors (Lipinski definition) is 3. The third-order valence-electron chi connectivity index (χ3n) is 4.00. The number of pyridine rings is 1. The zero-order chi connectivity index (χ0) is 14.1. The maximum absolute atomic E-state index is 5.42. The molecule has 1 unspecified atom stereocenters. The Labute approximate surface area is 120 Å². The molecule has 0 amide bonds. The third-order valence-corrected chi connectivity index (χ3v) is 4.00. The van der Waals surface area contributed by atoms with Crippen LogP contribution in [0.4, 0.5) is 0 Å².